The number of carbonyl (C=O) groups excluding carboxylic acids is 1. The van der Waals surface area contributed by atoms with Crippen LogP contribution in [0.2, 0.25) is 0 Å². The van der Waals surface area contributed by atoms with Crippen LogP contribution < -0.4 is 11.1 Å². The Kier molecular flexibility index (Phi) is 3.84. The summed E-state index contributed by atoms with van der Waals surface area (Å²) in [7, 11) is 0. The molecule has 0 atom stereocenters. The molecule has 2 rings (SSSR count). The van der Waals surface area contributed by atoms with Crippen LogP contribution in [-0.2, 0) is 13.0 Å². The molecule has 17 heavy (non-hydrogen) atoms. The van der Waals surface area contributed by atoms with E-state index in [1.165, 1.54) is 11.3 Å². The molecule has 1 amide bonds. The average Bonchev–Trinajstić information content (AvgIpc) is 2.97. The van der Waals surface area contributed by atoms with Gasteiger partial charge in [-0.25, -0.2) is 9.97 Å². The Balaban J connectivity index is 1.90. The molecule has 2 heterocycles. The number of imidazole rings is 1. The maximum absolute atomic E-state index is 11.7. The Bertz CT molecular complexity index is 479. The number of nitrogens with zero attached hydrogens (tertiary/aromatic N) is 2. The highest BCUT2D eigenvalue weighted by Crippen LogP contribution is 2.09. The number of H-pyrrole nitrogens is 1. The van der Waals surface area contributed by atoms with E-state index in [0.717, 1.165) is 10.8 Å². The molecular formula is C10H13N5OS. The molecule has 2 aromatic heterocycles. The number of hydrogen-bond donors (Lipinski definition) is 3. The van der Waals surface area contributed by atoms with Crippen LogP contribution in [0.15, 0.2) is 17.8 Å². The van der Waals surface area contributed by atoms with Gasteiger partial charge in [0, 0.05) is 24.2 Å². The van der Waals surface area contributed by atoms with Crippen LogP contribution in [0.5, 0.6) is 0 Å². The predicted octanol–water partition coefficient (Wildman–Crippen LogP) is 0.297. The van der Waals surface area contributed by atoms with Crippen molar-refractivity contribution in [2.24, 2.45) is 5.73 Å². The number of aromatic amines is 1. The first-order valence-corrected chi connectivity index (χ1v) is 6.08. The van der Waals surface area contributed by atoms with Crippen LogP contribution >= 0.6 is 11.3 Å². The number of amides is 1. The van der Waals surface area contributed by atoms with Crippen molar-refractivity contribution in [3.8, 4) is 0 Å². The van der Waals surface area contributed by atoms with Crippen molar-refractivity contribution in [1.29, 1.82) is 0 Å². The van der Waals surface area contributed by atoms with E-state index in [0.29, 0.717) is 25.2 Å². The molecule has 0 saturated carbocycles. The monoisotopic (exact) mass is 251 g/mol. The van der Waals surface area contributed by atoms with Gasteiger partial charge in [-0.15, -0.1) is 11.3 Å². The van der Waals surface area contributed by atoms with E-state index >= 15 is 0 Å². The van der Waals surface area contributed by atoms with Gasteiger partial charge in [0.1, 0.15) is 11.5 Å². The molecule has 2 aromatic rings. The minimum atomic E-state index is -0.194. The highest BCUT2D eigenvalue weighted by atomic mass is 32.1. The topological polar surface area (TPSA) is 96.7 Å². The molecule has 0 aliphatic carbocycles. The molecule has 0 aliphatic heterocycles. The van der Waals surface area contributed by atoms with Gasteiger partial charge in [-0.3, -0.25) is 4.79 Å². The summed E-state index contributed by atoms with van der Waals surface area (Å²) in [5.74, 6) is 0.525. The van der Waals surface area contributed by atoms with E-state index in [1.807, 2.05) is 0 Å². The van der Waals surface area contributed by atoms with Crippen molar-refractivity contribution in [1.82, 2.24) is 20.3 Å². The number of carbonyl (C=O) groups is 1. The Hall–Kier alpha value is -1.73. The van der Waals surface area contributed by atoms with Crippen molar-refractivity contribution >= 4 is 17.2 Å². The summed E-state index contributed by atoms with van der Waals surface area (Å²) in [6.07, 6.45) is 4.06. The predicted molar refractivity (Wildman–Crippen MR) is 64.6 cm³/mol. The summed E-state index contributed by atoms with van der Waals surface area (Å²) in [5.41, 5.74) is 5.86. The fourth-order valence-electron chi connectivity index (χ4n) is 1.30. The van der Waals surface area contributed by atoms with Crippen LogP contribution in [0.25, 0.3) is 0 Å². The van der Waals surface area contributed by atoms with Gasteiger partial charge in [0.2, 0.25) is 0 Å². The van der Waals surface area contributed by atoms with Gasteiger partial charge < -0.3 is 16.0 Å². The molecule has 6 nitrogen and oxygen atoms in total. The Labute approximate surface area is 102 Å². The molecule has 0 saturated heterocycles. The van der Waals surface area contributed by atoms with Crippen LogP contribution in [0.3, 0.4) is 0 Å². The van der Waals surface area contributed by atoms with Gasteiger partial charge in [-0.1, -0.05) is 0 Å². The van der Waals surface area contributed by atoms with E-state index in [4.69, 9.17) is 5.73 Å². The Morgan fingerprint density at radius 3 is 3.18 bits per heavy atom. The van der Waals surface area contributed by atoms with Gasteiger partial charge in [0.05, 0.1) is 11.6 Å². The summed E-state index contributed by atoms with van der Waals surface area (Å²) in [6, 6.07) is 0. The fourth-order valence-corrected chi connectivity index (χ4v) is 2.10. The lowest BCUT2D eigenvalue weighted by Gasteiger charge is -1.99. The van der Waals surface area contributed by atoms with E-state index in [1.54, 1.807) is 17.8 Å². The zero-order valence-corrected chi connectivity index (χ0v) is 9.96. The summed E-state index contributed by atoms with van der Waals surface area (Å²) in [5, 5.41) is 5.36. The summed E-state index contributed by atoms with van der Waals surface area (Å²) in [6.45, 7) is 0.913. The Morgan fingerprint density at radius 2 is 2.47 bits per heavy atom. The first kappa shape index (κ1) is 11.7. The summed E-state index contributed by atoms with van der Waals surface area (Å²) in [4.78, 5) is 22.8. The summed E-state index contributed by atoms with van der Waals surface area (Å²) >= 11 is 1.45. The largest absolute Gasteiger partial charge is 0.347 e. The second-order valence-corrected chi connectivity index (χ2v) is 4.33. The lowest BCUT2D eigenvalue weighted by atomic mass is 10.4. The second kappa shape index (κ2) is 5.55. The third-order valence-electron chi connectivity index (χ3n) is 2.11. The molecule has 4 N–H and O–H groups in total. The van der Waals surface area contributed by atoms with Crippen molar-refractivity contribution < 1.29 is 4.79 Å². The average molecular weight is 251 g/mol. The Morgan fingerprint density at radius 1 is 1.59 bits per heavy atom. The minimum absolute atomic E-state index is 0.194. The fraction of sp³-hybridized carbons (Fsp3) is 0.300. The molecule has 0 aliphatic rings. The molecule has 0 spiro atoms. The summed E-state index contributed by atoms with van der Waals surface area (Å²) < 4.78 is 0. The number of nitrogens with one attached hydrogen (secondary N) is 2. The highest BCUT2D eigenvalue weighted by Gasteiger charge is 2.10. The van der Waals surface area contributed by atoms with Crippen LogP contribution in [0.4, 0.5) is 0 Å². The number of rotatable bonds is 5. The number of hydrogen-bond acceptors (Lipinski definition) is 5. The molecule has 90 valence electrons. The zero-order valence-electron chi connectivity index (χ0n) is 9.14. The van der Waals surface area contributed by atoms with Crippen molar-refractivity contribution in [3.05, 3.63) is 34.3 Å². The van der Waals surface area contributed by atoms with Crippen LogP contribution in [0.1, 0.15) is 21.3 Å². The van der Waals surface area contributed by atoms with Crippen molar-refractivity contribution in [2.45, 2.75) is 13.0 Å². The maximum Gasteiger partial charge on any atom is 0.271 e. The first-order valence-electron chi connectivity index (χ1n) is 5.20. The second-order valence-electron chi connectivity index (χ2n) is 3.38. The molecule has 0 fully saturated rings. The van der Waals surface area contributed by atoms with Gasteiger partial charge in [0.15, 0.2) is 0 Å². The molecule has 0 unspecified atom stereocenters. The number of nitrogens with two attached hydrogens (primary N) is 1. The number of aromatic nitrogens is 3. The van der Waals surface area contributed by atoms with Crippen LogP contribution in [0, 0.1) is 0 Å². The third-order valence-corrected chi connectivity index (χ3v) is 3.02. The number of thiazole rings is 1. The first-order chi connectivity index (χ1) is 8.29. The SMILES string of the molecule is NCCc1nc(C(=O)NCc2ncc[nH]2)cs1. The van der Waals surface area contributed by atoms with Crippen LogP contribution in [-0.4, -0.2) is 27.4 Å². The molecule has 7 heteroatoms. The zero-order chi connectivity index (χ0) is 12.1. The minimum Gasteiger partial charge on any atom is -0.347 e. The quantitative estimate of drug-likeness (QED) is 0.712. The highest BCUT2D eigenvalue weighted by molar-refractivity contribution is 7.09. The van der Waals surface area contributed by atoms with Crippen molar-refractivity contribution in [3.63, 3.8) is 0 Å². The standard InChI is InChI=1S/C10H13N5OS/c11-2-1-9-15-7(6-17-9)10(16)14-5-8-12-3-4-13-8/h3-4,6H,1-2,5,11H2,(H,12,13)(H,14,16). The normalized spacial score (nSPS) is 10.4. The van der Waals surface area contributed by atoms with Gasteiger partial charge >= 0.3 is 0 Å². The lowest BCUT2D eigenvalue weighted by molar-refractivity contribution is 0.0945. The molecule has 0 aromatic carbocycles. The maximum atomic E-state index is 11.7. The third kappa shape index (κ3) is 3.11. The van der Waals surface area contributed by atoms with E-state index in [9.17, 15) is 4.79 Å². The molecule has 0 bridgehead atoms. The van der Waals surface area contributed by atoms with Gasteiger partial charge in [-0.2, -0.15) is 0 Å². The van der Waals surface area contributed by atoms with Gasteiger partial charge in [-0.05, 0) is 6.54 Å². The van der Waals surface area contributed by atoms with Gasteiger partial charge in [0.25, 0.3) is 5.91 Å². The van der Waals surface area contributed by atoms with Crippen molar-refractivity contribution in [2.75, 3.05) is 6.54 Å². The van der Waals surface area contributed by atoms with E-state index in [2.05, 4.69) is 20.3 Å². The molecule has 0 radical (unpaired) electrons. The van der Waals surface area contributed by atoms with E-state index < -0.39 is 0 Å². The molecular weight excluding hydrogens is 238 g/mol. The van der Waals surface area contributed by atoms with E-state index in [-0.39, 0.29) is 5.91 Å². The lowest BCUT2D eigenvalue weighted by Crippen LogP contribution is -2.23. The smallest absolute Gasteiger partial charge is 0.271 e.